The lowest BCUT2D eigenvalue weighted by molar-refractivity contribution is -0.312. The lowest BCUT2D eigenvalue weighted by Crippen LogP contribution is -2.46. The van der Waals surface area contributed by atoms with Gasteiger partial charge in [0.15, 0.2) is 0 Å². The van der Waals surface area contributed by atoms with Gasteiger partial charge in [-0.05, 0) is 33.6 Å². The second-order valence-electron chi connectivity index (χ2n) is 4.14. The SMILES string of the molecule is CCCOCCC[Si](OCC)(OCC)OCC.O=[N+]([O-])[SiH3]. The maximum absolute atomic E-state index is 8.87. The molecule has 9 heteroatoms. The van der Waals surface area contributed by atoms with Crippen molar-refractivity contribution in [3.8, 4) is 0 Å². The molecule has 0 amide bonds. The molecule has 21 heavy (non-hydrogen) atoms. The minimum Gasteiger partial charge on any atom is -0.381 e. The Hall–Kier alpha value is -0.326. The fraction of sp³-hybridized carbons (Fsp3) is 1.00. The zero-order valence-electron chi connectivity index (χ0n) is 14.1. The lowest BCUT2D eigenvalue weighted by atomic mass is 10.5. The molecular weight excluding hydrogens is 310 g/mol. The van der Waals surface area contributed by atoms with E-state index in [0.717, 1.165) is 32.1 Å². The summed E-state index contributed by atoms with van der Waals surface area (Å²) >= 11 is 0. The lowest BCUT2D eigenvalue weighted by Gasteiger charge is -2.28. The van der Waals surface area contributed by atoms with E-state index in [1.165, 1.54) is 0 Å². The van der Waals surface area contributed by atoms with Gasteiger partial charge < -0.3 is 18.0 Å². The first-order valence-electron chi connectivity index (χ1n) is 7.55. The molecule has 0 saturated heterocycles. The Morgan fingerprint density at radius 2 is 1.43 bits per heavy atom. The van der Waals surface area contributed by atoms with Gasteiger partial charge in [0, 0.05) is 39.1 Å². The van der Waals surface area contributed by atoms with Crippen molar-refractivity contribution in [3.05, 3.63) is 10.1 Å². The van der Waals surface area contributed by atoms with Crippen molar-refractivity contribution in [1.82, 2.24) is 0 Å². The minimum absolute atomic E-state index is 0.0710. The van der Waals surface area contributed by atoms with Crippen LogP contribution in [-0.2, 0) is 18.0 Å². The highest BCUT2D eigenvalue weighted by molar-refractivity contribution is 6.60. The Balaban J connectivity index is 0. The molecule has 0 aromatic carbocycles. The van der Waals surface area contributed by atoms with Gasteiger partial charge in [-0.25, -0.2) is 0 Å². The summed E-state index contributed by atoms with van der Waals surface area (Å²) in [6.45, 7) is 11.6. The third-order valence-electron chi connectivity index (χ3n) is 2.21. The highest BCUT2D eigenvalue weighted by Gasteiger charge is 2.39. The fourth-order valence-corrected chi connectivity index (χ4v) is 4.22. The number of nitrogens with zero attached hydrogens (tertiary/aromatic N) is 1. The van der Waals surface area contributed by atoms with Crippen LogP contribution in [0.5, 0.6) is 0 Å². The summed E-state index contributed by atoms with van der Waals surface area (Å²) in [5.74, 6) is 0. The summed E-state index contributed by atoms with van der Waals surface area (Å²) in [5.41, 5.74) is 0. The molecule has 0 unspecified atom stereocenters. The number of rotatable bonds is 12. The van der Waals surface area contributed by atoms with Gasteiger partial charge >= 0.3 is 19.2 Å². The first-order valence-corrected chi connectivity index (χ1v) is 10.4. The number of nitro groups is 1. The van der Waals surface area contributed by atoms with E-state index in [1.54, 1.807) is 0 Å². The summed E-state index contributed by atoms with van der Waals surface area (Å²) < 4.78 is 22.4. The van der Waals surface area contributed by atoms with Crippen molar-refractivity contribution in [3.63, 3.8) is 0 Å². The van der Waals surface area contributed by atoms with E-state index in [9.17, 15) is 0 Å². The van der Waals surface area contributed by atoms with Crippen LogP contribution in [0.3, 0.4) is 0 Å². The molecule has 0 atom stereocenters. The molecule has 0 spiro atoms. The van der Waals surface area contributed by atoms with Crippen LogP contribution in [0.4, 0.5) is 0 Å². The average Bonchev–Trinajstić information content (AvgIpc) is 2.39. The van der Waals surface area contributed by atoms with Gasteiger partial charge in [0.25, 0.3) is 0 Å². The minimum atomic E-state index is -2.44. The predicted molar refractivity (Wildman–Crippen MR) is 88.1 cm³/mol. The molecule has 0 rings (SSSR count). The molecule has 0 aliphatic rings. The van der Waals surface area contributed by atoms with Gasteiger partial charge in [-0.3, -0.25) is 10.1 Å². The standard InChI is InChI=1S/C12H28O4Si.H3NO2Si/c1-5-10-13-11-9-12-17(14-6-2,15-7-3)16-8-4;2-1(3)4/h5-12H2,1-4H3;4H3. The predicted octanol–water partition coefficient (Wildman–Crippen LogP) is 1.40. The average molecular weight is 342 g/mol. The van der Waals surface area contributed by atoms with E-state index < -0.39 is 8.80 Å². The largest absolute Gasteiger partial charge is 0.501 e. The van der Waals surface area contributed by atoms with Crippen molar-refractivity contribution < 1.29 is 22.6 Å². The van der Waals surface area contributed by atoms with Crippen LogP contribution in [0.1, 0.15) is 40.5 Å². The Bertz CT molecular complexity index is 225. The normalized spacial score (nSPS) is 11.0. The third-order valence-corrected chi connectivity index (χ3v) is 5.36. The Labute approximate surface area is 132 Å². The molecule has 0 fully saturated rings. The van der Waals surface area contributed by atoms with Crippen LogP contribution in [0.25, 0.3) is 0 Å². The molecule has 0 aliphatic heterocycles. The molecule has 0 aromatic heterocycles. The van der Waals surface area contributed by atoms with E-state index in [-0.39, 0.29) is 15.0 Å². The first kappa shape index (κ1) is 22.9. The molecule has 0 N–H and O–H groups in total. The summed E-state index contributed by atoms with van der Waals surface area (Å²) in [4.78, 5) is 8.87. The zero-order valence-corrected chi connectivity index (χ0v) is 17.1. The van der Waals surface area contributed by atoms with Crippen molar-refractivity contribution in [1.29, 1.82) is 0 Å². The Morgan fingerprint density at radius 3 is 1.76 bits per heavy atom. The van der Waals surface area contributed by atoms with E-state index in [1.807, 2.05) is 20.8 Å². The second kappa shape index (κ2) is 16.1. The topological polar surface area (TPSA) is 80.1 Å². The van der Waals surface area contributed by atoms with Crippen molar-refractivity contribution in [2.24, 2.45) is 0 Å². The second-order valence-corrected chi connectivity index (χ2v) is 7.60. The molecule has 0 saturated carbocycles. The van der Waals surface area contributed by atoms with Gasteiger partial charge in [-0.1, -0.05) is 11.5 Å². The molecule has 0 aromatic rings. The van der Waals surface area contributed by atoms with Crippen LogP contribution >= 0.6 is 0 Å². The number of hydrogen-bond acceptors (Lipinski definition) is 6. The fourth-order valence-electron chi connectivity index (χ4n) is 1.64. The number of ether oxygens (including phenoxy) is 1. The van der Waals surface area contributed by atoms with Crippen LogP contribution in [-0.4, -0.2) is 56.8 Å². The van der Waals surface area contributed by atoms with E-state index in [0.29, 0.717) is 19.8 Å². The Morgan fingerprint density at radius 1 is 1.00 bits per heavy atom. The molecule has 0 aliphatic carbocycles. The maximum Gasteiger partial charge on any atom is 0.501 e. The first-order chi connectivity index (χ1) is 9.97. The third kappa shape index (κ3) is 15.9. The highest BCUT2D eigenvalue weighted by Crippen LogP contribution is 2.18. The monoisotopic (exact) mass is 341 g/mol. The van der Waals surface area contributed by atoms with Gasteiger partial charge in [-0.15, -0.1) is 0 Å². The van der Waals surface area contributed by atoms with E-state index in [4.69, 9.17) is 28.1 Å². The molecule has 0 radical (unpaired) electrons. The molecule has 128 valence electrons. The van der Waals surface area contributed by atoms with Crippen molar-refractivity contribution in [2.75, 3.05) is 33.0 Å². The number of hydrogen-bond donors (Lipinski definition) is 0. The molecule has 0 heterocycles. The summed E-state index contributed by atoms with van der Waals surface area (Å²) in [7, 11) is -2.36. The van der Waals surface area contributed by atoms with Crippen LogP contribution in [0.2, 0.25) is 6.04 Å². The molecule has 0 bridgehead atoms. The van der Waals surface area contributed by atoms with Gasteiger partial charge in [-0.2, -0.15) is 0 Å². The molecular formula is C12H31NO6Si2. The van der Waals surface area contributed by atoms with E-state index >= 15 is 0 Å². The quantitative estimate of drug-likeness (QED) is 0.231. The maximum atomic E-state index is 8.87. The van der Waals surface area contributed by atoms with E-state index in [2.05, 4.69) is 6.92 Å². The van der Waals surface area contributed by atoms with Gasteiger partial charge in [0.05, 0.1) is 0 Å². The van der Waals surface area contributed by atoms with Gasteiger partial charge in [0.2, 0.25) is 0 Å². The van der Waals surface area contributed by atoms with Crippen LogP contribution < -0.4 is 0 Å². The summed E-state index contributed by atoms with van der Waals surface area (Å²) in [6.07, 6.45) is 2.00. The summed E-state index contributed by atoms with van der Waals surface area (Å²) in [6, 6.07) is 0.840. The van der Waals surface area contributed by atoms with Crippen molar-refractivity contribution in [2.45, 2.75) is 46.6 Å². The van der Waals surface area contributed by atoms with Gasteiger partial charge in [0.1, 0.15) is 0 Å². The van der Waals surface area contributed by atoms with Crippen LogP contribution in [0.15, 0.2) is 0 Å². The molecule has 7 nitrogen and oxygen atoms in total. The zero-order chi connectivity index (χ0) is 16.6. The smallest absolute Gasteiger partial charge is 0.381 e. The summed E-state index contributed by atoms with van der Waals surface area (Å²) in [5, 5.41) is 8.87. The Kier molecular flexibility index (Phi) is 17.5. The van der Waals surface area contributed by atoms with Crippen molar-refractivity contribution >= 4 is 19.2 Å². The highest BCUT2D eigenvalue weighted by atomic mass is 28.4. The van der Waals surface area contributed by atoms with Crippen LogP contribution in [0, 0.1) is 10.1 Å².